The number of nitrogens with zero attached hydrogens (tertiary/aromatic N) is 2. The molecule has 2 aromatic rings. The number of hydrogen-bond acceptors (Lipinski definition) is 5. The molecule has 16 heavy (non-hydrogen) atoms. The van der Waals surface area contributed by atoms with Crippen molar-refractivity contribution < 1.29 is 4.92 Å². The number of aromatic nitrogens is 1. The predicted octanol–water partition coefficient (Wildman–Crippen LogP) is 3.34. The van der Waals surface area contributed by atoms with E-state index in [1.807, 2.05) is 5.38 Å². The van der Waals surface area contributed by atoms with Crippen LogP contribution >= 0.6 is 23.1 Å². The van der Waals surface area contributed by atoms with E-state index in [1.165, 1.54) is 12.1 Å². The zero-order valence-electron chi connectivity index (χ0n) is 8.20. The SMILES string of the molecule is O=[N+]([O-])c1ccc(CSc2nccs2)cc1. The van der Waals surface area contributed by atoms with Gasteiger partial charge in [0.25, 0.3) is 5.69 Å². The molecule has 1 aromatic heterocycles. The molecule has 0 aliphatic carbocycles. The first-order valence-electron chi connectivity index (χ1n) is 4.51. The van der Waals surface area contributed by atoms with E-state index in [0.717, 1.165) is 15.7 Å². The second-order valence-electron chi connectivity index (χ2n) is 3.01. The van der Waals surface area contributed by atoms with Gasteiger partial charge in [-0.3, -0.25) is 10.1 Å². The number of nitro benzene ring substituents is 1. The van der Waals surface area contributed by atoms with Crippen molar-refractivity contribution in [1.82, 2.24) is 4.98 Å². The highest BCUT2D eigenvalue weighted by Gasteiger charge is 2.04. The van der Waals surface area contributed by atoms with Gasteiger partial charge in [-0.1, -0.05) is 23.9 Å². The summed E-state index contributed by atoms with van der Waals surface area (Å²) < 4.78 is 1.01. The van der Waals surface area contributed by atoms with E-state index in [4.69, 9.17) is 0 Å². The number of benzene rings is 1. The molecule has 0 atom stereocenters. The van der Waals surface area contributed by atoms with Crippen molar-refractivity contribution in [1.29, 1.82) is 0 Å². The van der Waals surface area contributed by atoms with E-state index in [2.05, 4.69) is 4.98 Å². The van der Waals surface area contributed by atoms with Crippen molar-refractivity contribution in [2.24, 2.45) is 0 Å². The first-order valence-corrected chi connectivity index (χ1v) is 6.38. The summed E-state index contributed by atoms with van der Waals surface area (Å²) in [6, 6.07) is 6.60. The summed E-state index contributed by atoms with van der Waals surface area (Å²) in [6.07, 6.45) is 1.77. The lowest BCUT2D eigenvalue weighted by molar-refractivity contribution is -0.384. The molecule has 0 aliphatic rings. The third-order valence-corrected chi connectivity index (χ3v) is 3.96. The van der Waals surface area contributed by atoms with Gasteiger partial charge in [-0.15, -0.1) is 11.3 Å². The zero-order chi connectivity index (χ0) is 11.4. The molecule has 0 saturated carbocycles. The van der Waals surface area contributed by atoms with E-state index < -0.39 is 4.92 Å². The van der Waals surface area contributed by atoms with Gasteiger partial charge >= 0.3 is 0 Å². The summed E-state index contributed by atoms with van der Waals surface area (Å²) >= 11 is 3.23. The quantitative estimate of drug-likeness (QED) is 0.475. The largest absolute Gasteiger partial charge is 0.269 e. The molecule has 1 aromatic carbocycles. The van der Waals surface area contributed by atoms with Gasteiger partial charge in [0, 0.05) is 29.5 Å². The number of thiazole rings is 1. The maximum absolute atomic E-state index is 10.4. The predicted molar refractivity (Wildman–Crippen MR) is 64.8 cm³/mol. The maximum Gasteiger partial charge on any atom is 0.269 e. The Labute approximate surface area is 100 Å². The molecule has 4 nitrogen and oxygen atoms in total. The summed E-state index contributed by atoms with van der Waals surface area (Å²) in [5, 5.41) is 12.4. The lowest BCUT2D eigenvalue weighted by Crippen LogP contribution is -1.88. The van der Waals surface area contributed by atoms with Gasteiger partial charge in [0.05, 0.1) is 4.92 Å². The van der Waals surface area contributed by atoms with Crippen LogP contribution in [0.3, 0.4) is 0 Å². The van der Waals surface area contributed by atoms with Crippen LogP contribution in [0.2, 0.25) is 0 Å². The van der Waals surface area contributed by atoms with Crippen LogP contribution in [0.1, 0.15) is 5.56 Å². The topological polar surface area (TPSA) is 56.0 Å². The van der Waals surface area contributed by atoms with E-state index in [0.29, 0.717) is 0 Å². The number of nitro groups is 1. The molecule has 1 heterocycles. The lowest BCUT2D eigenvalue weighted by atomic mass is 10.2. The van der Waals surface area contributed by atoms with Crippen molar-refractivity contribution >= 4 is 28.8 Å². The standard InChI is InChI=1S/C10H8N2O2S2/c13-12(14)9-3-1-8(2-4-9)7-16-10-11-5-6-15-10/h1-6H,7H2. The van der Waals surface area contributed by atoms with Crippen LogP contribution in [0.15, 0.2) is 40.2 Å². The molecule has 6 heteroatoms. The molecule has 0 radical (unpaired) electrons. The maximum atomic E-state index is 10.4. The molecule has 0 amide bonds. The second-order valence-corrected chi connectivity index (χ2v) is 5.13. The summed E-state index contributed by atoms with van der Waals surface area (Å²) in [5.41, 5.74) is 1.19. The summed E-state index contributed by atoms with van der Waals surface area (Å²) in [6.45, 7) is 0. The molecule has 0 unspecified atom stereocenters. The van der Waals surface area contributed by atoms with Gasteiger partial charge in [0.1, 0.15) is 4.34 Å². The van der Waals surface area contributed by atoms with Crippen molar-refractivity contribution in [3.63, 3.8) is 0 Å². The Morgan fingerprint density at radius 1 is 1.38 bits per heavy atom. The number of non-ortho nitro benzene ring substituents is 1. The molecule has 0 saturated heterocycles. The fourth-order valence-corrected chi connectivity index (χ4v) is 2.73. The average molecular weight is 252 g/mol. The summed E-state index contributed by atoms with van der Waals surface area (Å²) in [4.78, 5) is 14.2. The molecule has 82 valence electrons. The monoisotopic (exact) mass is 252 g/mol. The molecule has 0 fully saturated rings. The van der Waals surface area contributed by atoms with Crippen LogP contribution in [0.25, 0.3) is 0 Å². The molecule has 2 rings (SSSR count). The zero-order valence-corrected chi connectivity index (χ0v) is 9.83. The molecule has 0 spiro atoms. The van der Waals surface area contributed by atoms with Crippen molar-refractivity contribution in [2.75, 3.05) is 0 Å². The highest BCUT2D eigenvalue weighted by molar-refractivity contribution is 8.00. The Bertz CT molecular complexity index is 468. The highest BCUT2D eigenvalue weighted by Crippen LogP contribution is 2.25. The summed E-state index contributed by atoms with van der Waals surface area (Å²) in [5.74, 6) is 0.783. The molecule has 0 aliphatic heterocycles. The van der Waals surface area contributed by atoms with E-state index in [1.54, 1.807) is 41.4 Å². The first kappa shape index (κ1) is 11.1. The lowest BCUT2D eigenvalue weighted by Gasteiger charge is -1.98. The minimum Gasteiger partial charge on any atom is -0.258 e. The van der Waals surface area contributed by atoms with Gasteiger partial charge in [0.15, 0.2) is 0 Å². The molecular formula is C10H8N2O2S2. The molecule has 0 N–H and O–H groups in total. The van der Waals surface area contributed by atoms with E-state index >= 15 is 0 Å². The van der Waals surface area contributed by atoms with Gasteiger partial charge in [-0.05, 0) is 5.56 Å². The first-order chi connectivity index (χ1) is 7.75. The van der Waals surface area contributed by atoms with Crippen LogP contribution in [-0.4, -0.2) is 9.91 Å². The van der Waals surface area contributed by atoms with Crippen LogP contribution in [0.5, 0.6) is 0 Å². The van der Waals surface area contributed by atoms with Gasteiger partial charge < -0.3 is 0 Å². The fourth-order valence-electron chi connectivity index (χ4n) is 1.14. The minimum atomic E-state index is -0.391. The summed E-state index contributed by atoms with van der Waals surface area (Å²) in [7, 11) is 0. The van der Waals surface area contributed by atoms with Gasteiger partial charge in [-0.25, -0.2) is 4.98 Å². The highest BCUT2D eigenvalue weighted by atomic mass is 32.2. The van der Waals surface area contributed by atoms with Crippen molar-refractivity contribution in [2.45, 2.75) is 10.1 Å². The van der Waals surface area contributed by atoms with Crippen LogP contribution in [-0.2, 0) is 5.75 Å². The molecule has 0 bridgehead atoms. The smallest absolute Gasteiger partial charge is 0.258 e. The number of hydrogen-bond donors (Lipinski definition) is 0. The third kappa shape index (κ3) is 2.80. The number of rotatable bonds is 4. The van der Waals surface area contributed by atoms with Crippen LogP contribution < -0.4 is 0 Å². The Hall–Kier alpha value is -1.40. The third-order valence-electron chi connectivity index (χ3n) is 1.92. The minimum absolute atomic E-state index is 0.128. The Morgan fingerprint density at radius 3 is 2.69 bits per heavy atom. The van der Waals surface area contributed by atoms with Crippen LogP contribution in [0, 0.1) is 10.1 Å². The van der Waals surface area contributed by atoms with Crippen molar-refractivity contribution in [3.05, 3.63) is 51.5 Å². The number of thioether (sulfide) groups is 1. The normalized spacial score (nSPS) is 10.2. The Morgan fingerprint density at radius 2 is 2.12 bits per heavy atom. The average Bonchev–Trinajstić information content (AvgIpc) is 2.80. The van der Waals surface area contributed by atoms with Crippen molar-refractivity contribution in [3.8, 4) is 0 Å². The van der Waals surface area contributed by atoms with Crippen LogP contribution in [0.4, 0.5) is 5.69 Å². The van der Waals surface area contributed by atoms with Gasteiger partial charge in [0.2, 0.25) is 0 Å². The van der Waals surface area contributed by atoms with E-state index in [9.17, 15) is 10.1 Å². The second kappa shape index (κ2) is 5.09. The fraction of sp³-hybridized carbons (Fsp3) is 0.100. The van der Waals surface area contributed by atoms with Gasteiger partial charge in [-0.2, -0.15) is 0 Å². The Balaban J connectivity index is 1.98. The van der Waals surface area contributed by atoms with E-state index in [-0.39, 0.29) is 5.69 Å². The molecular weight excluding hydrogens is 244 g/mol. The Kier molecular flexibility index (Phi) is 3.53.